The Labute approximate surface area is 170 Å². The van der Waals surface area contributed by atoms with Crippen molar-refractivity contribution in [1.29, 1.82) is 5.26 Å². The van der Waals surface area contributed by atoms with Crippen LogP contribution in [0.3, 0.4) is 0 Å². The summed E-state index contributed by atoms with van der Waals surface area (Å²) in [5, 5.41) is 12.3. The molecule has 1 fully saturated rings. The summed E-state index contributed by atoms with van der Waals surface area (Å²) in [6, 6.07) is 12.4. The van der Waals surface area contributed by atoms with Crippen LogP contribution >= 0.6 is 0 Å². The Morgan fingerprint density at radius 2 is 2.03 bits per heavy atom. The van der Waals surface area contributed by atoms with Crippen LogP contribution in [0.2, 0.25) is 0 Å². The molecule has 6 nitrogen and oxygen atoms in total. The number of furan rings is 1. The van der Waals surface area contributed by atoms with Crippen LogP contribution in [0.5, 0.6) is 0 Å². The number of rotatable bonds is 6. The van der Waals surface area contributed by atoms with E-state index in [4.69, 9.17) is 9.15 Å². The number of amides is 1. The Morgan fingerprint density at radius 3 is 2.76 bits per heavy atom. The number of nitrogens with zero attached hydrogens (tertiary/aromatic N) is 1. The van der Waals surface area contributed by atoms with Crippen LogP contribution in [0.4, 0.5) is 0 Å². The van der Waals surface area contributed by atoms with Gasteiger partial charge in [0, 0.05) is 17.7 Å². The molecule has 0 atom stereocenters. The highest BCUT2D eigenvalue weighted by Crippen LogP contribution is 2.25. The van der Waals surface area contributed by atoms with Crippen molar-refractivity contribution in [1.82, 2.24) is 5.32 Å². The maximum Gasteiger partial charge on any atom is 0.338 e. The van der Waals surface area contributed by atoms with Crippen LogP contribution in [-0.2, 0) is 9.53 Å². The molecule has 0 spiro atoms. The fraction of sp³-hybridized carbons (Fsp3) is 0.348. The number of benzene rings is 1. The minimum absolute atomic E-state index is 0.0109. The molecule has 3 rings (SSSR count). The number of hydrogen-bond acceptors (Lipinski definition) is 5. The third-order valence-electron chi connectivity index (χ3n) is 4.88. The molecule has 0 radical (unpaired) electrons. The van der Waals surface area contributed by atoms with E-state index >= 15 is 0 Å². The summed E-state index contributed by atoms with van der Waals surface area (Å²) in [6.07, 6.45) is 6.74. The molecule has 1 saturated carbocycles. The summed E-state index contributed by atoms with van der Waals surface area (Å²) in [4.78, 5) is 24.3. The predicted molar refractivity (Wildman–Crippen MR) is 109 cm³/mol. The second-order valence-electron chi connectivity index (χ2n) is 6.98. The number of carbonyl (C=O) groups excluding carboxylic acids is 2. The quantitative estimate of drug-likeness (QED) is 0.444. The molecule has 1 heterocycles. The van der Waals surface area contributed by atoms with Crippen molar-refractivity contribution in [3.05, 3.63) is 53.3 Å². The smallest absolute Gasteiger partial charge is 0.338 e. The van der Waals surface area contributed by atoms with Gasteiger partial charge in [-0.1, -0.05) is 31.4 Å². The van der Waals surface area contributed by atoms with Crippen molar-refractivity contribution in [3.8, 4) is 17.4 Å². The lowest BCUT2D eigenvalue weighted by Gasteiger charge is -2.22. The van der Waals surface area contributed by atoms with E-state index in [1.54, 1.807) is 37.3 Å². The van der Waals surface area contributed by atoms with E-state index in [0.29, 0.717) is 29.3 Å². The van der Waals surface area contributed by atoms with E-state index in [1.165, 1.54) is 12.5 Å². The zero-order valence-electron chi connectivity index (χ0n) is 16.4. The van der Waals surface area contributed by atoms with Gasteiger partial charge in [0.05, 0.1) is 12.2 Å². The van der Waals surface area contributed by atoms with E-state index in [1.807, 2.05) is 12.1 Å². The molecule has 0 saturated heterocycles. The number of esters is 1. The van der Waals surface area contributed by atoms with Gasteiger partial charge in [0.15, 0.2) is 0 Å². The van der Waals surface area contributed by atoms with Gasteiger partial charge in [-0.15, -0.1) is 0 Å². The van der Waals surface area contributed by atoms with Crippen LogP contribution in [0.1, 0.15) is 55.1 Å². The summed E-state index contributed by atoms with van der Waals surface area (Å²) >= 11 is 0. The van der Waals surface area contributed by atoms with Crippen molar-refractivity contribution >= 4 is 18.0 Å². The third kappa shape index (κ3) is 5.35. The molecule has 1 aliphatic carbocycles. The van der Waals surface area contributed by atoms with E-state index < -0.39 is 5.97 Å². The van der Waals surface area contributed by atoms with Gasteiger partial charge in [-0.2, -0.15) is 5.26 Å². The predicted octanol–water partition coefficient (Wildman–Crippen LogP) is 4.48. The maximum atomic E-state index is 12.4. The summed E-state index contributed by atoms with van der Waals surface area (Å²) < 4.78 is 10.8. The highest BCUT2D eigenvalue weighted by atomic mass is 16.5. The van der Waals surface area contributed by atoms with Crippen LogP contribution in [0, 0.1) is 11.3 Å². The van der Waals surface area contributed by atoms with E-state index in [-0.39, 0.29) is 17.5 Å². The van der Waals surface area contributed by atoms with E-state index in [2.05, 4.69) is 5.32 Å². The number of hydrogen-bond donors (Lipinski definition) is 1. The molecule has 150 valence electrons. The van der Waals surface area contributed by atoms with Gasteiger partial charge in [0.25, 0.3) is 5.91 Å². The van der Waals surface area contributed by atoms with Gasteiger partial charge in [-0.25, -0.2) is 4.79 Å². The topological polar surface area (TPSA) is 92.3 Å². The number of nitriles is 1. The summed E-state index contributed by atoms with van der Waals surface area (Å²) in [5.74, 6) is 0.165. The van der Waals surface area contributed by atoms with Gasteiger partial charge < -0.3 is 14.5 Å². The fourth-order valence-electron chi connectivity index (χ4n) is 3.40. The molecule has 6 heteroatoms. The van der Waals surface area contributed by atoms with Crippen molar-refractivity contribution in [3.63, 3.8) is 0 Å². The molecule has 29 heavy (non-hydrogen) atoms. The van der Waals surface area contributed by atoms with Crippen molar-refractivity contribution in [2.75, 3.05) is 6.61 Å². The van der Waals surface area contributed by atoms with E-state index in [9.17, 15) is 14.9 Å². The molecule has 2 aromatic rings. The second-order valence-corrected chi connectivity index (χ2v) is 6.98. The highest BCUT2D eigenvalue weighted by molar-refractivity contribution is 6.01. The van der Waals surface area contributed by atoms with Gasteiger partial charge in [0.2, 0.25) is 0 Å². The molecule has 1 amide bonds. The Balaban J connectivity index is 1.74. The minimum Gasteiger partial charge on any atom is -0.462 e. The van der Waals surface area contributed by atoms with Gasteiger partial charge in [0.1, 0.15) is 23.2 Å². The zero-order chi connectivity index (χ0) is 20.6. The van der Waals surface area contributed by atoms with Gasteiger partial charge in [-0.3, -0.25) is 4.79 Å². The average molecular weight is 392 g/mol. The van der Waals surface area contributed by atoms with Crippen LogP contribution in [-0.4, -0.2) is 24.5 Å². The van der Waals surface area contributed by atoms with Crippen molar-refractivity contribution in [2.45, 2.75) is 45.1 Å². The summed E-state index contributed by atoms with van der Waals surface area (Å²) in [5.41, 5.74) is 1.15. The molecule has 0 unspecified atom stereocenters. The molecule has 1 N–H and O–H groups in total. The van der Waals surface area contributed by atoms with E-state index in [0.717, 1.165) is 25.7 Å². The first kappa shape index (κ1) is 20.4. The highest BCUT2D eigenvalue weighted by Gasteiger charge is 2.18. The second kappa shape index (κ2) is 9.74. The zero-order valence-corrected chi connectivity index (χ0v) is 16.4. The number of nitrogens with one attached hydrogen (secondary N) is 1. The molecular formula is C23H24N2O4. The Kier molecular flexibility index (Phi) is 6.85. The molecule has 0 aliphatic heterocycles. The standard InChI is InChI=1S/C23H24N2O4/c1-2-28-23(27)17-8-6-7-16(13-17)21-12-11-20(29-21)14-18(15-24)22(26)25-19-9-4-3-5-10-19/h6-8,11-14,19H,2-5,9-10H2,1H3,(H,25,26)/b18-14+. The lowest BCUT2D eigenvalue weighted by atomic mass is 9.95. The van der Waals surface area contributed by atoms with Crippen LogP contribution in [0.25, 0.3) is 17.4 Å². The lowest BCUT2D eigenvalue weighted by molar-refractivity contribution is -0.117. The van der Waals surface area contributed by atoms with Gasteiger partial charge >= 0.3 is 5.97 Å². The lowest BCUT2D eigenvalue weighted by Crippen LogP contribution is -2.36. The SMILES string of the molecule is CCOC(=O)c1cccc(-c2ccc(/C=C(\C#N)C(=O)NC3CCCCC3)o2)c1. The Hall–Kier alpha value is -3.33. The summed E-state index contributed by atoms with van der Waals surface area (Å²) in [7, 11) is 0. The monoisotopic (exact) mass is 392 g/mol. The molecule has 1 aromatic carbocycles. The van der Waals surface area contributed by atoms with Gasteiger partial charge in [-0.05, 0) is 44.0 Å². The first-order valence-corrected chi connectivity index (χ1v) is 9.90. The third-order valence-corrected chi connectivity index (χ3v) is 4.88. The van der Waals surface area contributed by atoms with Crippen molar-refractivity contribution in [2.24, 2.45) is 0 Å². The molecule has 0 bridgehead atoms. The molecule has 1 aromatic heterocycles. The van der Waals surface area contributed by atoms with Crippen LogP contribution in [0.15, 0.2) is 46.4 Å². The first-order valence-electron chi connectivity index (χ1n) is 9.90. The number of ether oxygens (including phenoxy) is 1. The normalized spacial score (nSPS) is 14.8. The first-order chi connectivity index (χ1) is 14.1. The Bertz CT molecular complexity index is 946. The molecular weight excluding hydrogens is 368 g/mol. The summed E-state index contributed by atoms with van der Waals surface area (Å²) in [6.45, 7) is 2.06. The average Bonchev–Trinajstić information content (AvgIpc) is 3.21. The van der Waals surface area contributed by atoms with Crippen LogP contribution < -0.4 is 5.32 Å². The minimum atomic E-state index is -0.396. The fourth-order valence-corrected chi connectivity index (χ4v) is 3.40. The van der Waals surface area contributed by atoms with Crippen molar-refractivity contribution < 1.29 is 18.7 Å². The maximum absolute atomic E-state index is 12.4. The number of carbonyl (C=O) groups is 2. The largest absolute Gasteiger partial charge is 0.462 e. The Morgan fingerprint density at radius 1 is 1.24 bits per heavy atom. The molecule has 1 aliphatic rings.